The average Bonchev–Trinajstić information content (AvgIpc) is 2.94. The summed E-state index contributed by atoms with van der Waals surface area (Å²) < 4.78 is 1.58. The Labute approximate surface area is 143 Å². The predicted octanol–water partition coefficient (Wildman–Crippen LogP) is 2.64. The van der Waals surface area contributed by atoms with Gasteiger partial charge in [-0.15, -0.1) is 0 Å². The van der Waals surface area contributed by atoms with E-state index in [-0.39, 0.29) is 6.42 Å². The zero-order chi connectivity index (χ0) is 17.0. The summed E-state index contributed by atoms with van der Waals surface area (Å²) in [5, 5.41) is 16.6. The van der Waals surface area contributed by atoms with Crippen LogP contribution in [0.2, 0.25) is 10.0 Å². The van der Waals surface area contributed by atoms with Gasteiger partial charge in [0.1, 0.15) is 6.04 Å². The topological polar surface area (TPSA) is 84.2 Å². The highest BCUT2D eigenvalue weighted by Crippen LogP contribution is 2.20. The van der Waals surface area contributed by atoms with Crippen LogP contribution in [0.15, 0.2) is 30.6 Å². The standard InChI is InChI=1S/C15H15Cl2N3O3/c1-2-20-8-10(7-18-20)14(21)19-13(15(22)23)5-9-3-11(16)6-12(17)4-9/h3-4,6-8,13H,2,5H2,1H3,(H,19,21)(H,22,23). The van der Waals surface area contributed by atoms with Crippen LogP contribution in [0, 0.1) is 0 Å². The molecule has 0 saturated heterocycles. The first-order chi connectivity index (χ1) is 10.9. The Morgan fingerprint density at radius 2 is 1.96 bits per heavy atom. The van der Waals surface area contributed by atoms with Gasteiger partial charge in [-0.1, -0.05) is 23.2 Å². The Balaban J connectivity index is 2.12. The molecule has 1 heterocycles. The van der Waals surface area contributed by atoms with Gasteiger partial charge in [0.15, 0.2) is 0 Å². The second-order valence-corrected chi connectivity index (χ2v) is 5.80. The summed E-state index contributed by atoms with van der Waals surface area (Å²) >= 11 is 11.8. The summed E-state index contributed by atoms with van der Waals surface area (Å²) in [6, 6.07) is 3.69. The number of carbonyl (C=O) groups is 2. The van der Waals surface area contributed by atoms with Crippen LogP contribution in [0.5, 0.6) is 0 Å². The third-order valence-corrected chi connectivity index (χ3v) is 3.62. The number of carboxylic acids is 1. The number of rotatable bonds is 6. The monoisotopic (exact) mass is 355 g/mol. The smallest absolute Gasteiger partial charge is 0.326 e. The predicted molar refractivity (Wildman–Crippen MR) is 87.0 cm³/mol. The van der Waals surface area contributed by atoms with Crippen molar-refractivity contribution in [3.05, 3.63) is 51.8 Å². The fourth-order valence-corrected chi connectivity index (χ4v) is 2.63. The lowest BCUT2D eigenvalue weighted by Crippen LogP contribution is -2.42. The molecule has 122 valence electrons. The van der Waals surface area contributed by atoms with Crippen molar-refractivity contribution in [2.24, 2.45) is 0 Å². The van der Waals surface area contributed by atoms with Gasteiger partial charge in [-0.2, -0.15) is 5.10 Å². The van der Waals surface area contributed by atoms with Crippen LogP contribution in [0.25, 0.3) is 0 Å². The van der Waals surface area contributed by atoms with Gasteiger partial charge >= 0.3 is 5.97 Å². The summed E-state index contributed by atoms with van der Waals surface area (Å²) in [4.78, 5) is 23.5. The SMILES string of the molecule is CCn1cc(C(=O)NC(Cc2cc(Cl)cc(Cl)c2)C(=O)O)cn1. The third-order valence-electron chi connectivity index (χ3n) is 3.19. The number of nitrogens with zero attached hydrogens (tertiary/aromatic N) is 2. The number of aryl methyl sites for hydroxylation is 1. The Hall–Kier alpha value is -2.05. The molecule has 6 nitrogen and oxygen atoms in total. The van der Waals surface area contributed by atoms with Gasteiger partial charge in [0.2, 0.25) is 0 Å². The molecule has 0 aliphatic rings. The number of aromatic nitrogens is 2. The number of aliphatic carboxylic acids is 1. The Morgan fingerprint density at radius 1 is 1.30 bits per heavy atom. The summed E-state index contributed by atoms with van der Waals surface area (Å²) in [6.45, 7) is 2.51. The summed E-state index contributed by atoms with van der Waals surface area (Å²) in [6.07, 6.45) is 3.03. The van der Waals surface area contributed by atoms with Crippen molar-refractivity contribution in [2.75, 3.05) is 0 Å². The fraction of sp³-hybridized carbons (Fsp3) is 0.267. The minimum absolute atomic E-state index is 0.0727. The summed E-state index contributed by atoms with van der Waals surface area (Å²) in [7, 11) is 0. The molecule has 8 heteroatoms. The summed E-state index contributed by atoms with van der Waals surface area (Å²) in [5.41, 5.74) is 0.932. The maximum atomic E-state index is 12.1. The number of hydrogen-bond acceptors (Lipinski definition) is 3. The zero-order valence-corrected chi connectivity index (χ0v) is 13.8. The number of amides is 1. The van der Waals surface area contributed by atoms with E-state index < -0.39 is 17.9 Å². The maximum Gasteiger partial charge on any atom is 0.326 e. The molecule has 2 rings (SSSR count). The minimum atomic E-state index is -1.14. The van der Waals surface area contributed by atoms with Gasteiger partial charge in [-0.05, 0) is 30.7 Å². The third kappa shape index (κ3) is 4.71. The zero-order valence-electron chi connectivity index (χ0n) is 12.3. The van der Waals surface area contributed by atoms with Crippen molar-refractivity contribution >= 4 is 35.1 Å². The van der Waals surface area contributed by atoms with Crippen molar-refractivity contribution in [3.8, 4) is 0 Å². The van der Waals surface area contributed by atoms with E-state index in [1.165, 1.54) is 6.20 Å². The molecule has 23 heavy (non-hydrogen) atoms. The van der Waals surface area contributed by atoms with Crippen LogP contribution in [0.4, 0.5) is 0 Å². The number of carbonyl (C=O) groups excluding carboxylic acids is 1. The van der Waals surface area contributed by atoms with Crippen LogP contribution in [-0.4, -0.2) is 32.8 Å². The second-order valence-electron chi connectivity index (χ2n) is 4.93. The van der Waals surface area contributed by atoms with Gasteiger partial charge in [0.05, 0.1) is 11.8 Å². The maximum absolute atomic E-state index is 12.1. The molecule has 0 radical (unpaired) electrons. The Bertz CT molecular complexity index is 710. The Morgan fingerprint density at radius 3 is 2.48 bits per heavy atom. The normalized spacial score (nSPS) is 12.0. The van der Waals surface area contributed by atoms with Gasteiger partial charge in [0, 0.05) is 29.2 Å². The second kappa shape index (κ2) is 7.48. The van der Waals surface area contributed by atoms with Gasteiger partial charge < -0.3 is 10.4 Å². The highest BCUT2D eigenvalue weighted by atomic mass is 35.5. The molecule has 0 bridgehead atoms. The molecule has 2 N–H and O–H groups in total. The van der Waals surface area contributed by atoms with E-state index >= 15 is 0 Å². The fourth-order valence-electron chi connectivity index (χ4n) is 2.06. The number of halogens is 2. The first-order valence-corrected chi connectivity index (χ1v) is 7.65. The molecule has 0 aliphatic carbocycles. The molecule has 0 saturated carbocycles. The molecule has 0 fully saturated rings. The lowest BCUT2D eigenvalue weighted by atomic mass is 10.1. The van der Waals surface area contributed by atoms with E-state index in [0.29, 0.717) is 27.7 Å². The molecule has 1 aromatic heterocycles. The Kier molecular flexibility index (Phi) is 5.63. The van der Waals surface area contributed by atoms with Crippen LogP contribution >= 0.6 is 23.2 Å². The molecule has 1 amide bonds. The molecule has 2 aromatic rings. The van der Waals surface area contributed by atoms with E-state index in [1.807, 2.05) is 6.92 Å². The highest BCUT2D eigenvalue weighted by Gasteiger charge is 2.22. The first-order valence-electron chi connectivity index (χ1n) is 6.90. The van der Waals surface area contributed by atoms with Gasteiger partial charge in [-0.25, -0.2) is 4.79 Å². The average molecular weight is 356 g/mol. The minimum Gasteiger partial charge on any atom is -0.480 e. The van der Waals surface area contributed by atoms with Crippen LogP contribution in [0.1, 0.15) is 22.8 Å². The van der Waals surface area contributed by atoms with Gasteiger partial charge in [-0.3, -0.25) is 9.48 Å². The van der Waals surface area contributed by atoms with Crippen molar-refractivity contribution in [1.29, 1.82) is 0 Å². The van der Waals surface area contributed by atoms with Crippen LogP contribution in [0.3, 0.4) is 0 Å². The van der Waals surface area contributed by atoms with E-state index in [2.05, 4.69) is 10.4 Å². The molecule has 0 aliphatic heterocycles. The van der Waals surface area contributed by atoms with E-state index in [0.717, 1.165) is 0 Å². The number of carboxylic acid groups (broad SMARTS) is 1. The number of benzene rings is 1. The molecule has 0 spiro atoms. The highest BCUT2D eigenvalue weighted by molar-refractivity contribution is 6.34. The van der Waals surface area contributed by atoms with Crippen molar-refractivity contribution in [1.82, 2.24) is 15.1 Å². The van der Waals surface area contributed by atoms with Gasteiger partial charge in [0.25, 0.3) is 5.91 Å². The van der Waals surface area contributed by atoms with Crippen LogP contribution in [-0.2, 0) is 17.8 Å². The lowest BCUT2D eigenvalue weighted by molar-refractivity contribution is -0.139. The molecular weight excluding hydrogens is 341 g/mol. The molecular formula is C15H15Cl2N3O3. The molecule has 1 atom stereocenters. The quantitative estimate of drug-likeness (QED) is 0.833. The number of hydrogen-bond donors (Lipinski definition) is 2. The summed E-state index contributed by atoms with van der Waals surface area (Å²) in [5.74, 6) is -1.64. The number of nitrogens with one attached hydrogen (secondary N) is 1. The van der Waals surface area contributed by atoms with E-state index in [4.69, 9.17) is 23.2 Å². The van der Waals surface area contributed by atoms with Crippen molar-refractivity contribution in [3.63, 3.8) is 0 Å². The van der Waals surface area contributed by atoms with Crippen LogP contribution < -0.4 is 5.32 Å². The largest absolute Gasteiger partial charge is 0.480 e. The van der Waals surface area contributed by atoms with E-state index in [9.17, 15) is 14.7 Å². The lowest BCUT2D eigenvalue weighted by Gasteiger charge is -2.14. The first kappa shape index (κ1) is 17.3. The van der Waals surface area contributed by atoms with Crippen molar-refractivity contribution < 1.29 is 14.7 Å². The molecule has 1 aromatic carbocycles. The molecule has 1 unspecified atom stereocenters. The van der Waals surface area contributed by atoms with Crippen molar-refractivity contribution in [2.45, 2.75) is 25.9 Å². The van der Waals surface area contributed by atoms with E-state index in [1.54, 1.807) is 29.1 Å².